The summed E-state index contributed by atoms with van der Waals surface area (Å²) in [4.78, 5) is 11.7. The molecule has 0 saturated carbocycles. The van der Waals surface area contributed by atoms with Gasteiger partial charge in [0.05, 0.1) is 11.8 Å². The van der Waals surface area contributed by atoms with E-state index in [4.69, 9.17) is 10.5 Å². The summed E-state index contributed by atoms with van der Waals surface area (Å²) in [5, 5.41) is 12.4. The molecule has 0 aliphatic rings. The number of carbonyl (C=O) groups is 1. The minimum atomic E-state index is -0.944. The average molecular weight is 284 g/mol. The highest BCUT2D eigenvalue weighted by Gasteiger charge is 2.19. The largest absolute Gasteiger partial charge is 0.444 e. The number of nitrogens with two attached hydrogens (primary N) is 1. The summed E-state index contributed by atoms with van der Waals surface area (Å²) in [6.45, 7) is 5.47. The zero-order valence-corrected chi connectivity index (χ0v) is 11.9. The average Bonchev–Trinajstić information content (AvgIpc) is 2.29. The Labute approximate surface area is 117 Å². The van der Waals surface area contributed by atoms with E-state index >= 15 is 0 Å². The van der Waals surface area contributed by atoms with Crippen molar-refractivity contribution in [3.63, 3.8) is 0 Å². The second-order valence-electron chi connectivity index (χ2n) is 5.45. The number of carbonyl (C=O) groups excluding carboxylic acids is 1. The molecule has 0 bridgehead atoms. The van der Waals surface area contributed by atoms with E-state index in [1.54, 1.807) is 20.8 Å². The van der Waals surface area contributed by atoms with Crippen LogP contribution in [-0.2, 0) is 4.74 Å². The molecule has 0 radical (unpaired) electrons. The van der Waals surface area contributed by atoms with E-state index in [2.05, 4.69) is 5.32 Å². The second kappa shape index (κ2) is 6.67. The Bertz CT molecular complexity index is 472. The lowest BCUT2D eigenvalue weighted by molar-refractivity contribution is 0.0635. The smallest absolute Gasteiger partial charge is 0.412 e. The van der Waals surface area contributed by atoms with Gasteiger partial charge in [0, 0.05) is 5.56 Å². The van der Waals surface area contributed by atoms with Gasteiger partial charge in [-0.15, -0.1) is 0 Å². The lowest BCUT2D eigenvalue weighted by Crippen LogP contribution is -2.27. The van der Waals surface area contributed by atoms with Gasteiger partial charge in [-0.25, -0.2) is 9.18 Å². The summed E-state index contributed by atoms with van der Waals surface area (Å²) < 4.78 is 18.4. The SMILES string of the molecule is CC(C)(C)OC(=O)Nc1ccc(F)cc1[C@@H](O)CCN. The van der Waals surface area contributed by atoms with Crippen molar-refractivity contribution in [1.29, 1.82) is 0 Å². The van der Waals surface area contributed by atoms with E-state index < -0.39 is 23.6 Å². The minimum absolute atomic E-state index is 0.254. The summed E-state index contributed by atoms with van der Waals surface area (Å²) in [6, 6.07) is 3.76. The van der Waals surface area contributed by atoms with Crippen LogP contribution in [0.3, 0.4) is 0 Å². The van der Waals surface area contributed by atoms with Gasteiger partial charge in [-0.05, 0) is 51.9 Å². The summed E-state index contributed by atoms with van der Waals surface area (Å²) in [6.07, 6.45) is -1.34. The van der Waals surface area contributed by atoms with Crippen LogP contribution in [0.2, 0.25) is 0 Å². The summed E-state index contributed by atoms with van der Waals surface area (Å²) in [5.74, 6) is -0.495. The van der Waals surface area contributed by atoms with Crippen molar-refractivity contribution < 1.29 is 19.0 Å². The maximum absolute atomic E-state index is 13.3. The van der Waals surface area contributed by atoms with Crippen molar-refractivity contribution in [3.8, 4) is 0 Å². The fourth-order valence-electron chi connectivity index (χ4n) is 1.65. The molecule has 0 fully saturated rings. The van der Waals surface area contributed by atoms with E-state index in [-0.39, 0.29) is 18.5 Å². The number of hydrogen-bond acceptors (Lipinski definition) is 4. The molecule has 0 aliphatic carbocycles. The first kappa shape index (κ1) is 16.4. The number of amides is 1. The van der Waals surface area contributed by atoms with Crippen molar-refractivity contribution >= 4 is 11.8 Å². The second-order valence-corrected chi connectivity index (χ2v) is 5.45. The molecular weight excluding hydrogens is 263 g/mol. The monoisotopic (exact) mass is 284 g/mol. The molecule has 1 amide bonds. The van der Waals surface area contributed by atoms with Crippen molar-refractivity contribution in [2.75, 3.05) is 11.9 Å². The van der Waals surface area contributed by atoms with Crippen LogP contribution < -0.4 is 11.1 Å². The fourth-order valence-corrected chi connectivity index (χ4v) is 1.65. The minimum Gasteiger partial charge on any atom is -0.444 e. The molecule has 112 valence electrons. The van der Waals surface area contributed by atoms with E-state index in [9.17, 15) is 14.3 Å². The third-order valence-corrected chi connectivity index (χ3v) is 2.45. The first-order valence-corrected chi connectivity index (χ1v) is 6.40. The van der Waals surface area contributed by atoms with Gasteiger partial charge >= 0.3 is 6.09 Å². The first-order chi connectivity index (χ1) is 9.23. The molecule has 0 aromatic heterocycles. The van der Waals surface area contributed by atoms with Crippen LogP contribution in [0.5, 0.6) is 0 Å². The van der Waals surface area contributed by atoms with Gasteiger partial charge in [0.25, 0.3) is 0 Å². The Hall–Kier alpha value is -1.66. The lowest BCUT2D eigenvalue weighted by atomic mass is 10.0. The van der Waals surface area contributed by atoms with E-state index in [1.807, 2.05) is 0 Å². The third kappa shape index (κ3) is 5.14. The summed E-state index contributed by atoms with van der Waals surface area (Å²) in [5.41, 5.74) is 5.32. The summed E-state index contributed by atoms with van der Waals surface area (Å²) >= 11 is 0. The maximum atomic E-state index is 13.3. The Morgan fingerprint density at radius 3 is 2.70 bits per heavy atom. The molecule has 1 rings (SSSR count). The zero-order chi connectivity index (χ0) is 15.3. The zero-order valence-electron chi connectivity index (χ0n) is 11.9. The predicted octanol–water partition coefficient (Wildman–Crippen LogP) is 2.55. The number of aliphatic hydroxyl groups is 1. The normalized spacial score (nSPS) is 12.9. The Kier molecular flexibility index (Phi) is 5.47. The van der Waals surface area contributed by atoms with E-state index in [0.717, 1.165) is 0 Å². The molecule has 0 saturated heterocycles. The van der Waals surface area contributed by atoms with Crippen LogP contribution in [0.1, 0.15) is 38.9 Å². The molecule has 0 heterocycles. The Morgan fingerprint density at radius 2 is 2.15 bits per heavy atom. The highest BCUT2D eigenvalue weighted by Crippen LogP contribution is 2.26. The van der Waals surface area contributed by atoms with Crippen molar-refractivity contribution in [1.82, 2.24) is 0 Å². The number of anilines is 1. The number of aliphatic hydroxyl groups excluding tert-OH is 1. The number of ether oxygens (including phenoxy) is 1. The molecule has 20 heavy (non-hydrogen) atoms. The molecule has 5 nitrogen and oxygen atoms in total. The quantitative estimate of drug-likeness (QED) is 0.793. The van der Waals surface area contributed by atoms with Gasteiger partial charge in [0.15, 0.2) is 0 Å². The van der Waals surface area contributed by atoms with Gasteiger partial charge in [0.1, 0.15) is 11.4 Å². The number of nitrogens with one attached hydrogen (secondary N) is 1. The number of halogens is 1. The third-order valence-electron chi connectivity index (χ3n) is 2.45. The van der Waals surface area contributed by atoms with Crippen LogP contribution in [0.25, 0.3) is 0 Å². The van der Waals surface area contributed by atoms with Crippen LogP contribution in [0.4, 0.5) is 14.9 Å². The molecule has 4 N–H and O–H groups in total. The molecule has 0 unspecified atom stereocenters. The predicted molar refractivity (Wildman–Crippen MR) is 74.9 cm³/mol. The number of rotatable bonds is 4. The van der Waals surface area contributed by atoms with Crippen LogP contribution in [0, 0.1) is 5.82 Å². The van der Waals surface area contributed by atoms with E-state index in [0.29, 0.717) is 5.69 Å². The van der Waals surface area contributed by atoms with Crippen LogP contribution >= 0.6 is 0 Å². The molecule has 0 spiro atoms. The van der Waals surface area contributed by atoms with Gasteiger partial charge in [-0.3, -0.25) is 5.32 Å². The highest BCUT2D eigenvalue weighted by molar-refractivity contribution is 5.86. The maximum Gasteiger partial charge on any atom is 0.412 e. The van der Waals surface area contributed by atoms with Gasteiger partial charge in [-0.1, -0.05) is 0 Å². The van der Waals surface area contributed by atoms with Crippen LogP contribution in [0.15, 0.2) is 18.2 Å². The number of benzene rings is 1. The van der Waals surface area contributed by atoms with E-state index in [1.165, 1.54) is 18.2 Å². The molecule has 6 heteroatoms. The molecular formula is C14H21FN2O3. The fraction of sp³-hybridized carbons (Fsp3) is 0.500. The molecule has 1 atom stereocenters. The first-order valence-electron chi connectivity index (χ1n) is 6.40. The molecule has 1 aromatic rings. The van der Waals surface area contributed by atoms with Crippen molar-refractivity contribution in [3.05, 3.63) is 29.6 Å². The molecule has 0 aliphatic heterocycles. The van der Waals surface area contributed by atoms with Crippen LogP contribution in [-0.4, -0.2) is 23.3 Å². The summed E-state index contributed by atoms with van der Waals surface area (Å²) in [7, 11) is 0. The van der Waals surface area contributed by atoms with Crippen molar-refractivity contribution in [2.24, 2.45) is 5.73 Å². The molecule has 1 aromatic carbocycles. The van der Waals surface area contributed by atoms with Gasteiger partial charge in [-0.2, -0.15) is 0 Å². The number of hydrogen-bond donors (Lipinski definition) is 3. The van der Waals surface area contributed by atoms with Crippen molar-refractivity contribution in [2.45, 2.75) is 38.9 Å². The highest BCUT2D eigenvalue weighted by atomic mass is 19.1. The van der Waals surface area contributed by atoms with Gasteiger partial charge < -0.3 is 15.6 Å². The Morgan fingerprint density at radius 1 is 1.50 bits per heavy atom. The topological polar surface area (TPSA) is 84.6 Å². The van der Waals surface area contributed by atoms with Gasteiger partial charge in [0.2, 0.25) is 0 Å². The standard InChI is InChI=1S/C14H21FN2O3/c1-14(2,3)20-13(19)17-11-5-4-9(15)8-10(11)12(18)6-7-16/h4-5,8,12,18H,6-7,16H2,1-3H3,(H,17,19)/t12-/m0/s1. The Balaban J connectivity index is 2.91. The lowest BCUT2D eigenvalue weighted by Gasteiger charge is -2.21.